The quantitative estimate of drug-likeness (QED) is 0.239. The first-order valence-corrected chi connectivity index (χ1v) is 11.6. The molecule has 11 heteroatoms. The number of aromatic nitrogens is 2. The molecular weight excluding hydrogens is 472 g/mol. The molecule has 1 amide bonds. The highest BCUT2D eigenvalue weighted by Gasteiger charge is 2.34. The van der Waals surface area contributed by atoms with Crippen LogP contribution in [0.25, 0.3) is 0 Å². The number of H-pyrrole nitrogens is 1. The van der Waals surface area contributed by atoms with Gasteiger partial charge in [0.15, 0.2) is 0 Å². The highest BCUT2D eigenvalue weighted by molar-refractivity contribution is 7.17. The van der Waals surface area contributed by atoms with Gasteiger partial charge in [-0.15, -0.1) is 11.3 Å². The summed E-state index contributed by atoms with van der Waals surface area (Å²) in [5.41, 5.74) is 5.85. The van der Waals surface area contributed by atoms with E-state index in [1.54, 1.807) is 36.4 Å². The zero-order valence-electron chi connectivity index (χ0n) is 18.8. The Bertz CT molecular complexity index is 1310. The van der Waals surface area contributed by atoms with E-state index in [-0.39, 0.29) is 18.1 Å². The number of benzene rings is 1. The summed E-state index contributed by atoms with van der Waals surface area (Å²) < 4.78 is 0. The van der Waals surface area contributed by atoms with Gasteiger partial charge in [-0.3, -0.25) is 25.5 Å². The minimum Gasteiger partial charge on any atom is -0.344 e. The lowest BCUT2D eigenvalue weighted by atomic mass is 9.99. The van der Waals surface area contributed by atoms with Crippen molar-refractivity contribution in [3.8, 4) is 0 Å². The zero-order valence-corrected chi connectivity index (χ0v) is 20.4. The molecule has 0 aliphatic carbocycles. The van der Waals surface area contributed by atoms with Crippen molar-refractivity contribution in [3.63, 3.8) is 0 Å². The van der Waals surface area contributed by atoms with Gasteiger partial charge >= 0.3 is 0 Å². The molecule has 174 valence electrons. The van der Waals surface area contributed by atoms with Gasteiger partial charge in [-0.1, -0.05) is 23.7 Å². The normalized spacial score (nSPS) is 15.8. The molecule has 0 radical (unpaired) electrons. The molecule has 3 heterocycles. The number of amides is 1. The minimum absolute atomic E-state index is 0.0594. The Balaban J connectivity index is 1.74. The van der Waals surface area contributed by atoms with Gasteiger partial charge in [0, 0.05) is 33.4 Å². The van der Waals surface area contributed by atoms with Gasteiger partial charge in [-0.2, -0.15) is 5.10 Å². The molecule has 3 aromatic rings. The van der Waals surface area contributed by atoms with Crippen molar-refractivity contribution in [2.75, 3.05) is 4.90 Å². The number of rotatable bonds is 5. The number of hydrogen-bond acceptors (Lipinski definition) is 7. The molecule has 0 unspecified atom stereocenters. The third-order valence-electron chi connectivity index (χ3n) is 5.38. The number of halogens is 1. The van der Waals surface area contributed by atoms with Crippen LogP contribution in [0.2, 0.25) is 5.02 Å². The van der Waals surface area contributed by atoms with Gasteiger partial charge in [0.25, 0.3) is 0 Å². The summed E-state index contributed by atoms with van der Waals surface area (Å²) in [5.74, 6) is 0.342. The Morgan fingerprint density at radius 3 is 2.74 bits per heavy atom. The van der Waals surface area contributed by atoms with Crippen molar-refractivity contribution in [1.82, 2.24) is 15.4 Å². The van der Waals surface area contributed by atoms with E-state index in [1.165, 1.54) is 17.6 Å². The second-order valence-electron chi connectivity index (χ2n) is 7.74. The Kier molecular flexibility index (Phi) is 6.71. The molecule has 0 spiro atoms. The van der Waals surface area contributed by atoms with Gasteiger partial charge in [0.05, 0.1) is 18.3 Å². The number of nitrogens with zero attached hydrogens (tertiary/aromatic N) is 4. The average Bonchev–Trinajstić information content (AvgIpc) is 3.37. The van der Waals surface area contributed by atoms with Gasteiger partial charge in [0.2, 0.25) is 5.91 Å². The molecule has 0 saturated heterocycles. The lowest BCUT2D eigenvalue weighted by molar-refractivity contribution is -0.121. The Morgan fingerprint density at radius 2 is 2.09 bits per heavy atom. The maximum atomic E-state index is 12.7. The summed E-state index contributed by atoms with van der Waals surface area (Å²) in [6.45, 7) is 5.64. The number of hydrogen-bond donors (Lipinski definition) is 4. The smallest absolute Gasteiger partial charge is 0.242 e. The third kappa shape index (κ3) is 4.68. The van der Waals surface area contributed by atoms with Crippen molar-refractivity contribution in [2.45, 2.75) is 33.2 Å². The monoisotopic (exact) mass is 494 g/mol. The third-order valence-corrected chi connectivity index (χ3v) is 6.82. The fourth-order valence-corrected chi connectivity index (χ4v) is 4.97. The number of carbonyl (C=O) groups is 1. The molecule has 0 saturated carbocycles. The van der Waals surface area contributed by atoms with Gasteiger partial charge in [-0.25, -0.2) is 10.4 Å². The predicted molar refractivity (Wildman–Crippen MR) is 137 cm³/mol. The van der Waals surface area contributed by atoms with Crippen LogP contribution in [0.1, 0.15) is 40.7 Å². The van der Waals surface area contributed by atoms with E-state index in [0.717, 1.165) is 26.6 Å². The van der Waals surface area contributed by atoms with Crippen molar-refractivity contribution in [3.05, 3.63) is 69.1 Å². The van der Waals surface area contributed by atoms with Crippen molar-refractivity contribution in [1.29, 1.82) is 10.8 Å². The van der Waals surface area contributed by atoms with Crippen LogP contribution in [0.5, 0.6) is 0 Å². The SMILES string of the molecule is CC(=N)N1C(=N)[C@H](CC(=O)N/N=C/c2ncc[nH]2)N=C(c2ccc(Cl)cc2)c2c1sc(C)c2C. The average molecular weight is 495 g/mol. The van der Waals surface area contributed by atoms with Crippen LogP contribution in [0.15, 0.2) is 46.8 Å². The number of aromatic amines is 1. The molecule has 1 atom stereocenters. The van der Waals surface area contributed by atoms with Gasteiger partial charge in [0.1, 0.15) is 28.5 Å². The maximum absolute atomic E-state index is 12.7. The molecule has 1 aliphatic rings. The highest BCUT2D eigenvalue weighted by Crippen LogP contribution is 2.40. The van der Waals surface area contributed by atoms with Crippen LogP contribution in [-0.4, -0.2) is 45.5 Å². The van der Waals surface area contributed by atoms with E-state index < -0.39 is 11.9 Å². The van der Waals surface area contributed by atoms with Crippen LogP contribution in [-0.2, 0) is 4.79 Å². The molecule has 1 aromatic carbocycles. The van der Waals surface area contributed by atoms with E-state index in [0.29, 0.717) is 16.6 Å². The number of amidine groups is 2. The molecular formula is C23H23ClN8OS. The first-order valence-electron chi connectivity index (χ1n) is 10.5. The van der Waals surface area contributed by atoms with Crippen LogP contribution < -0.4 is 10.3 Å². The number of nitrogens with one attached hydrogen (secondary N) is 4. The number of aryl methyl sites for hydroxylation is 1. The number of hydrazone groups is 1. The van der Waals surface area contributed by atoms with E-state index in [2.05, 4.69) is 20.5 Å². The van der Waals surface area contributed by atoms with Crippen LogP contribution in [0.3, 0.4) is 0 Å². The molecule has 1 aliphatic heterocycles. The summed E-state index contributed by atoms with van der Waals surface area (Å²) in [6, 6.07) is 6.50. The fourth-order valence-electron chi connectivity index (χ4n) is 3.62. The van der Waals surface area contributed by atoms with Crippen LogP contribution >= 0.6 is 22.9 Å². The molecule has 34 heavy (non-hydrogen) atoms. The molecule has 4 rings (SSSR count). The van der Waals surface area contributed by atoms with E-state index in [4.69, 9.17) is 27.4 Å². The summed E-state index contributed by atoms with van der Waals surface area (Å²) in [4.78, 5) is 27.1. The highest BCUT2D eigenvalue weighted by atomic mass is 35.5. The minimum atomic E-state index is -0.816. The predicted octanol–water partition coefficient (Wildman–Crippen LogP) is 4.28. The Morgan fingerprint density at radius 1 is 1.35 bits per heavy atom. The summed E-state index contributed by atoms with van der Waals surface area (Å²) in [6.07, 6.45) is 4.53. The Labute approximate surface area is 205 Å². The number of imidazole rings is 1. The number of fused-ring (bicyclic) bond motifs is 1. The lowest BCUT2D eigenvalue weighted by Gasteiger charge is -2.24. The molecule has 0 bridgehead atoms. The fraction of sp³-hybridized carbons (Fsp3) is 0.217. The summed E-state index contributed by atoms with van der Waals surface area (Å²) in [5, 5.41) is 22.5. The largest absolute Gasteiger partial charge is 0.344 e. The second-order valence-corrected chi connectivity index (χ2v) is 9.38. The van der Waals surface area contributed by atoms with Crippen LogP contribution in [0, 0.1) is 24.7 Å². The number of aliphatic imine (C=N–C) groups is 1. The standard InChI is InChI=1S/C23H23ClN8OS/c1-12-13(2)34-23-20(12)21(15-4-6-16(24)7-5-15)30-17(22(26)32(23)14(3)25)10-19(33)31-29-11-18-27-8-9-28-18/h4-9,11,17,25-26H,10H2,1-3H3,(H,27,28)(H,31,33)/b25-14?,26-22?,29-11+/t17-/m0/s1. The van der Waals surface area contributed by atoms with Crippen molar-refractivity contribution >= 4 is 57.4 Å². The van der Waals surface area contributed by atoms with E-state index in [1.807, 2.05) is 26.0 Å². The molecule has 0 fully saturated rings. The van der Waals surface area contributed by atoms with Crippen molar-refractivity contribution < 1.29 is 4.79 Å². The Hall–Kier alpha value is -3.63. The second kappa shape index (κ2) is 9.70. The van der Waals surface area contributed by atoms with Gasteiger partial charge in [-0.05, 0) is 38.5 Å². The number of thiophene rings is 1. The first kappa shape index (κ1) is 23.5. The van der Waals surface area contributed by atoms with E-state index in [9.17, 15) is 4.79 Å². The number of anilines is 1. The summed E-state index contributed by atoms with van der Waals surface area (Å²) in [7, 11) is 0. The molecule has 9 nitrogen and oxygen atoms in total. The molecule has 4 N–H and O–H groups in total. The topological polar surface area (TPSA) is 133 Å². The number of carbonyl (C=O) groups excluding carboxylic acids is 1. The molecule has 2 aromatic heterocycles. The van der Waals surface area contributed by atoms with E-state index >= 15 is 0 Å². The first-order chi connectivity index (χ1) is 16.3. The van der Waals surface area contributed by atoms with Crippen molar-refractivity contribution in [2.24, 2.45) is 10.1 Å². The maximum Gasteiger partial charge on any atom is 0.242 e. The van der Waals surface area contributed by atoms with Crippen LogP contribution in [0.4, 0.5) is 5.00 Å². The lowest BCUT2D eigenvalue weighted by Crippen LogP contribution is -2.41. The van der Waals surface area contributed by atoms with Gasteiger partial charge < -0.3 is 4.98 Å². The zero-order chi connectivity index (χ0) is 24.4. The summed E-state index contributed by atoms with van der Waals surface area (Å²) >= 11 is 7.62.